The predicted molar refractivity (Wildman–Crippen MR) is 76.4 cm³/mol. The topological polar surface area (TPSA) is 61.6 Å². The van der Waals surface area contributed by atoms with E-state index in [2.05, 4.69) is 22.1 Å². The molecule has 0 radical (unpaired) electrons. The molecular weight excluding hydrogens is 240 g/mol. The number of nitrogens with zero attached hydrogens (tertiary/aromatic N) is 2. The molecule has 110 valence electrons. The Morgan fingerprint density at radius 3 is 2.37 bits per heavy atom. The zero-order chi connectivity index (χ0) is 13.7. The van der Waals surface area contributed by atoms with Crippen molar-refractivity contribution in [3.8, 4) is 0 Å². The number of piperidine rings is 2. The highest BCUT2D eigenvalue weighted by Gasteiger charge is 2.30. The number of hydrogen-bond acceptors (Lipinski definition) is 4. The van der Waals surface area contributed by atoms with E-state index in [1.807, 2.05) is 0 Å². The quantitative estimate of drug-likeness (QED) is 0.448. The van der Waals surface area contributed by atoms with Gasteiger partial charge < -0.3 is 4.90 Å². The van der Waals surface area contributed by atoms with Crippen LogP contribution in [0.4, 0.5) is 0 Å². The lowest BCUT2D eigenvalue weighted by Gasteiger charge is -2.42. The first kappa shape index (κ1) is 14.8. The Bertz CT molecular complexity index is 283. The molecule has 2 rings (SSSR count). The van der Waals surface area contributed by atoms with Crippen LogP contribution in [0.15, 0.2) is 0 Å². The first-order chi connectivity index (χ1) is 9.26. The van der Waals surface area contributed by atoms with Crippen LogP contribution in [-0.2, 0) is 4.79 Å². The smallest absolute Gasteiger partial charge is 0.251 e. The van der Waals surface area contributed by atoms with E-state index in [9.17, 15) is 4.79 Å². The molecule has 2 aliphatic heterocycles. The number of carbonyl (C=O) groups excluding carboxylic acids is 1. The van der Waals surface area contributed by atoms with Crippen molar-refractivity contribution < 1.29 is 4.79 Å². The molecule has 0 saturated carbocycles. The lowest BCUT2D eigenvalue weighted by molar-refractivity contribution is -0.127. The fourth-order valence-corrected chi connectivity index (χ4v) is 3.55. The average Bonchev–Trinajstić information content (AvgIpc) is 2.49. The van der Waals surface area contributed by atoms with Gasteiger partial charge in [0.05, 0.1) is 6.04 Å². The Morgan fingerprint density at radius 1 is 1.21 bits per heavy atom. The summed E-state index contributed by atoms with van der Waals surface area (Å²) in [7, 11) is 0. The molecule has 2 heterocycles. The van der Waals surface area contributed by atoms with Crippen molar-refractivity contribution in [2.24, 2.45) is 5.84 Å². The molecule has 5 heteroatoms. The van der Waals surface area contributed by atoms with Gasteiger partial charge in [-0.2, -0.15) is 0 Å². The molecule has 5 nitrogen and oxygen atoms in total. The number of hydrogen-bond donors (Lipinski definition) is 2. The van der Waals surface area contributed by atoms with Gasteiger partial charge in [0.1, 0.15) is 0 Å². The second-order valence-corrected chi connectivity index (χ2v) is 5.80. The van der Waals surface area contributed by atoms with Crippen LogP contribution in [0.25, 0.3) is 0 Å². The van der Waals surface area contributed by atoms with Crippen molar-refractivity contribution in [3.05, 3.63) is 0 Å². The summed E-state index contributed by atoms with van der Waals surface area (Å²) in [4.78, 5) is 16.7. The fourth-order valence-electron chi connectivity index (χ4n) is 3.55. The lowest BCUT2D eigenvalue weighted by atomic mass is 9.98. The van der Waals surface area contributed by atoms with E-state index in [1.54, 1.807) is 0 Å². The monoisotopic (exact) mass is 268 g/mol. The molecular formula is C14H28N4O. The van der Waals surface area contributed by atoms with Crippen LogP contribution in [0.5, 0.6) is 0 Å². The molecule has 0 spiro atoms. The van der Waals surface area contributed by atoms with Gasteiger partial charge in [-0.3, -0.25) is 15.1 Å². The maximum absolute atomic E-state index is 11.7. The summed E-state index contributed by atoms with van der Waals surface area (Å²) in [6.45, 7) is 6.63. The standard InChI is InChI=1S/C14H28N4O/c1-2-13(14(19)16-15)18-10-6-12(7-11-18)17-8-4-3-5-9-17/h12-13H,2-11,15H2,1H3,(H,16,19). The fraction of sp³-hybridized carbons (Fsp3) is 0.929. The zero-order valence-electron chi connectivity index (χ0n) is 12.1. The van der Waals surface area contributed by atoms with Gasteiger partial charge in [-0.05, 0) is 45.2 Å². The van der Waals surface area contributed by atoms with E-state index in [-0.39, 0.29) is 11.9 Å². The van der Waals surface area contributed by atoms with Gasteiger partial charge in [0.2, 0.25) is 0 Å². The molecule has 2 aliphatic rings. The number of rotatable bonds is 4. The van der Waals surface area contributed by atoms with Crippen molar-refractivity contribution in [3.63, 3.8) is 0 Å². The molecule has 0 aromatic carbocycles. The van der Waals surface area contributed by atoms with Gasteiger partial charge in [0.25, 0.3) is 5.91 Å². The summed E-state index contributed by atoms with van der Waals surface area (Å²) in [6, 6.07) is 0.683. The van der Waals surface area contributed by atoms with Gasteiger partial charge >= 0.3 is 0 Å². The molecule has 1 amide bonds. The Balaban J connectivity index is 1.82. The normalized spacial score (nSPS) is 25.2. The summed E-state index contributed by atoms with van der Waals surface area (Å²) in [5.74, 6) is 5.22. The summed E-state index contributed by atoms with van der Waals surface area (Å²) < 4.78 is 0. The van der Waals surface area contributed by atoms with Gasteiger partial charge in [0, 0.05) is 19.1 Å². The number of hydrazine groups is 1. The van der Waals surface area contributed by atoms with E-state index in [0.717, 1.165) is 25.6 Å². The average molecular weight is 268 g/mol. The maximum atomic E-state index is 11.7. The second kappa shape index (κ2) is 7.22. The van der Waals surface area contributed by atoms with Crippen LogP contribution in [0, 0.1) is 0 Å². The lowest BCUT2D eigenvalue weighted by Crippen LogP contribution is -2.54. The first-order valence-electron chi connectivity index (χ1n) is 7.74. The summed E-state index contributed by atoms with van der Waals surface area (Å²) in [5.41, 5.74) is 2.30. The molecule has 1 atom stereocenters. The molecule has 0 bridgehead atoms. The maximum Gasteiger partial charge on any atom is 0.251 e. The SMILES string of the molecule is CCC(C(=O)NN)N1CCC(N2CCCCC2)CC1. The third-order valence-corrected chi connectivity index (χ3v) is 4.68. The summed E-state index contributed by atoms with van der Waals surface area (Å²) in [6.07, 6.45) is 7.31. The number of nitrogens with one attached hydrogen (secondary N) is 1. The van der Waals surface area contributed by atoms with E-state index >= 15 is 0 Å². The van der Waals surface area contributed by atoms with Crippen molar-refractivity contribution in [2.45, 2.75) is 57.5 Å². The van der Waals surface area contributed by atoms with E-state index in [4.69, 9.17) is 5.84 Å². The Kier molecular flexibility index (Phi) is 5.60. The van der Waals surface area contributed by atoms with Gasteiger partial charge in [-0.25, -0.2) is 5.84 Å². The molecule has 1 unspecified atom stereocenters. The zero-order valence-corrected chi connectivity index (χ0v) is 12.1. The Hall–Kier alpha value is -0.650. The van der Waals surface area contributed by atoms with Crippen LogP contribution >= 0.6 is 0 Å². The highest BCUT2D eigenvalue weighted by molar-refractivity contribution is 5.81. The van der Waals surface area contributed by atoms with Crippen LogP contribution in [0.3, 0.4) is 0 Å². The largest absolute Gasteiger partial charge is 0.300 e. The summed E-state index contributed by atoms with van der Waals surface area (Å²) in [5, 5.41) is 0. The number of carbonyl (C=O) groups is 1. The predicted octanol–water partition coefficient (Wildman–Crippen LogP) is 0.705. The molecule has 19 heavy (non-hydrogen) atoms. The Morgan fingerprint density at radius 2 is 1.84 bits per heavy atom. The van der Waals surface area contributed by atoms with Crippen molar-refractivity contribution in [2.75, 3.05) is 26.2 Å². The van der Waals surface area contributed by atoms with E-state index in [1.165, 1.54) is 45.2 Å². The van der Waals surface area contributed by atoms with Crippen molar-refractivity contribution in [1.29, 1.82) is 0 Å². The molecule has 2 fully saturated rings. The van der Waals surface area contributed by atoms with Crippen molar-refractivity contribution in [1.82, 2.24) is 15.2 Å². The minimum atomic E-state index is -0.0488. The van der Waals surface area contributed by atoms with Gasteiger partial charge in [-0.1, -0.05) is 13.3 Å². The number of nitrogens with two attached hydrogens (primary N) is 1. The van der Waals surface area contributed by atoms with Crippen LogP contribution < -0.4 is 11.3 Å². The molecule has 0 aromatic rings. The van der Waals surface area contributed by atoms with Crippen LogP contribution in [-0.4, -0.2) is 54.0 Å². The van der Waals surface area contributed by atoms with Gasteiger partial charge in [0.15, 0.2) is 0 Å². The Labute approximate surface area is 116 Å². The van der Waals surface area contributed by atoms with Crippen molar-refractivity contribution >= 4 is 5.91 Å². The highest BCUT2D eigenvalue weighted by atomic mass is 16.2. The number of amides is 1. The van der Waals surface area contributed by atoms with E-state index < -0.39 is 0 Å². The second-order valence-electron chi connectivity index (χ2n) is 5.80. The van der Waals surface area contributed by atoms with Crippen LogP contribution in [0.2, 0.25) is 0 Å². The molecule has 3 N–H and O–H groups in total. The third kappa shape index (κ3) is 3.68. The minimum absolute atomic E-state index is 0.0427. The van der Waals surface area contributed by atoms with Gasteiger partial charge in [-0.15, -0.1) is 0 Å². The first-order valence-corrected chi connectivity index (χ1v) is 7.74. The number of likely N-dealkylation sites (tertiary alicyclic amines) is 2. The molecule has 2 saturated heterocycles. The van der Waals surface area contributed by atoms with E-state index in [0.29, 0.717) is 0 Å². The van der Waals surface area contributed by atoms with Crippen LogP contribution in [0.1, 0.15) is 45.4 Å². The molecule has 0 aliphatic carbocycles. The molecule has 0 aromatic heterocycles. The summed E-state index contributed by atoms with van der Waals surface area (Å²) >= 11 is 0. The minimum Gasteiger partial charge on any atom is -0.300 e. The highest BCUT2D eigenvalue weighted by Crippen LogP contribution is 2.22. The third-order valence-electron chi connectivity index (χ3n) is 4.68.